The zero-order chi connectivity index (χ0) is 15.8. The molecule has 2 aromatic carbocycles. The van der Waals surface area contributed by atoms with Crippen molar-refractivity contribution in [3.05, 3.63) is 59.7 Å². The molecule has 5 nitrogen and oxygen atoms in total. The van der Waals surface area contributed by atoms with Gasteiger partial charge in [0.15, 0.2) is 11.5 Å². The molecule has 0 atom stereocenters. The second-order valence-electron chi connectivity index (χ2n) is 4.50. The minimum Gasteiger partial charge on any atom is -0.493 e. The zero-order valence-electron chi connectivity index (χ0n) is 12.6. The highest BCUT2D eigenvalue weighted by atomic mass is 16.7. The molecule has 0 N–H and O–H groups in total. The fourth-order valence-corrected chi connectivity index (χ4v) is 1.87. The van der Waals surface area contributed by atoms with Gasteiger partial charge < -0.3 is 18.9 Å². The predicted octanol–water partition coefficient (Wildman–Crippen LogP) is 3.56. The molecule has 0 heterocycles. The second kappa shape index (κ2) is 7.93. The van der Waals surface area contributed by atoms with Gasteiger partial charge >= 0.3 is 6.16 Å². The van der Waals surface area contributed by atoms with Gasteiger partial charge in [-0.05, 0) is 23.3 Å². The van der Waals surface area contributed by atoms with Crippen LogP contribution in [0.25, 0.3) is 0 Å². The third kappa shape index (κ3) is 4.41. The van der Waals surface area contributed by atoms with E-state index in [0.29, 0.717) is 11.5 Å². The standard InChI is InChI=1S/C17H18O5/c1-19-15-9-8-14(10-16(15)20-2)12-22-17(18)21-11-13-6-4-3-5-7-13/h3-10H,11-12H2,1-2H3. The first kappa shape index (κ1) is 15.7. The quantitative estimate of drug-likeness (QED) is 0.764. The van der Waals surface area contributed by atoms with Crippen LogP contribution in [0.3, 0.4) is 0 Å². The summed E-state index contributed by atoms with van der Waals surface area (Å²) < 4.78 is 20.4. The first-order valence-corrected chi connectivity index (χ1v) is 6.77. The van der Waals surface area contributed by atoms with Crippen molar-refractivity contribution in [3.63, 3.8) is 0 Å². The fraction of sp³-hybridized carbons (Fsp3) is 0.235. The number of hydrogen-bond acceptors (Lipinski definition) is 5. The van der Waals surface area contributed by atoms with Gasteiger partial charge in [-0.1, -0.05) is 36.4 Å². The molecule has 0 aliphatic rings. The van der Waals surface area contributed by atoms with Crippen LogP contribution in [0.1, 0.15) is 11.1 Å². The Hall–Kier alpha value is -2.69. The second-order valence-corrected chi connectivity index (χ2v) is 4.50. The van der Waals surface area contributed by atoms with Gasteiger partial charge in [-0.15, -0.1) is 0 Å². The van der Waals surface area contributed by atoms with E-state index >= 15 is 0 Å². The van der Waals surface area contributed by atoms with Crippen LogP contribution in [0.2, 0.25) is 0 Å². The van der Waals surface area contributed by atoms with Crippen molar-refractivity contribution in [1.82, 2.24) is 0 Å². The van der Waals surface area contributed by atoms with Crippen molar-refractivity contribution < 1.29 is 23.7 Å². The normalized spacial score (nSPS) is 9.91. The number of ether oxygens (including phenoxy) is 4. The molecule has 5 heteroatoms. The number of methoxy groups -OCH3 is 2. The van der Waals surface area contributed by atoms with Crippen LogP contribution in [-0.2, 0) is 22.7 Å². The Kier molecular flexibility index (Phi) is 5.65. The molecule has 2 rings (SSSR count). The summed E-state index contributed by atoms with van der Waals surface area (Å²) in [6, 6.07) is 14.7. The Labute approximate surface area is 129 Å². The molecule has 2 aromatic rings. The van der Waals surface area contributed by atoms with E-state index in [0.717, 1.165) is 11.1 Å². The Morgan fingerprint density at radius 3 is 2.09 bits per heavy atom. The molecular formula is C17H18O5. The molecule has 0 aliphatic carbocycles. The van der Waals surface area contributed by atoms with E-state index in [2.05, 4.69) is 0 Å². The topological polar surface area (TPSA) is 54.0 Å². The maximum Gasteiger partial charge on any atom is 0.508 e. The summed E-state index contributed by atoms with van der Waals surface area (Å²) in [5.74, 6) is 1.21. The van der Waals surface area contributed by atoms with Crippen molar-refractivity contribution in [2.75, 3.05) is 14.2 Å². The molecule has 0 radical (unpaired) electrons. The van der Waals surface area contributed by atoms with Crippen molar-refractivity contribution >= 4 is 6.16 Å². The van der Waals surface area contributed by atoms with Crippen molar-refractivity contribution in [2.45, 2.75) is 13.2 Å². The molecule has 22 heavy (non-hydrogen) atoms. The molecule has 0 bridgehead atoms. The van der Waals surface area contributed by atoms with E-state index in [1.165, 1.54) is 0 Å². The molecular weight excluding hydrogens is 284 g/mol. The zero-order valence-corrected chi connectivity index (χ0v) is 12.6. The van der Waals surface area contributed by atoms with Gasteiger partial charge in [-0.25, -0.2) is 4.79 Å². The number of carbonyl (C=O) groups is 1. The van der Waals surface area contributed by atoms with E-state index in [9.17, 15) is 4.79 Å². The summed E-state index contributed by atoms with van der Waals surface area (Å²) >= 11 is 0. The van der Waals surface area contributed by atoms with Gasteiger partial charge in [-0.2, -0.15) is 0 Å². The first-order chi connectivity index (χ1) is 10.7. The first-order valence-electron chi connectivity index (χ1n) is 6.77. The summed E-state index contributed by atoms with van der Waals surface area (Å²) in [5.41, 5.74) is 1.69. The summed E-state index contributed by atoms with van der Waals surface area (Å²) in [6.07, 6.45) is -0.710. The lowest BCUT2D eigenvalue weighted by atomic mass is 10.2. The van der Waals surface area contributed by atoms with Crippen LogP contribution >= 0.6 is 0 Å². The molecule has 0 amide bonds. The summed E-state index contributed by atoms with van der Waals surface area (Å²) in [7, 11) is 3.12. The molecule has 0 fully saturated rings. The molecule has 0 aliphatic heterocycles. The summed E-state index contributed by atoms with van der Waals surface area (Å²) in [6.45, 7) is 0.291. The van der Waals surface area contributed by atoms with Crippen LogP contribution in [0.15, 0.2) is 48.5 Å². The largest absolute Gasteiger partial charge is 0.508 e. The third-order valence-corrected chi connectivity index (χ3v) is 3.00. The summed E-state index contributed by atoms with van der Waals surface area (Å²) in [4.78, 5) is 11.6. The van der Waals surface area contributed by atoms with Crippen molar-refractivity contribution in [3.8, 4) is 11.5 Å². The van der Waals surface area contributed by atoms with Gasteiger partial charge in [-0.3, -0.25) is 0 Å². The van der Waals surface area contributed by atoms with E-state index in [1.54, 1.807) is 32.4 Å². The van der Waals surface area contributed by atoms with Crippen molar-refractivity contribution in [2.24, 2.45) is 0 Å². The van der Waals surface area contributed by atoms with Crippen LogP contribution in [0.4, 0.5) is 4.79 Å². The van der Waals surface area contributed by atoms with E-state index in [4.69, 9.17) is 18.9 Å². The third-order valence-electron chi connectivity index (χ3n) is 3.00. The number of rotatable bonds is 6. The highest BCUT2D eigenvalue weighted by molar-refractivity contribution is 5.60. The van der Waals surface area contributed by atoms with Gasteiger partial charge in [0.25, 0.3) is 0 Å². The van der Waals surface area contributed by atoms with Gasteiger partial charge in [0.1, 0.15) is 13.2 Å². The smallest absolute Gasteiger partial charge is 0.493 e. The Morgan fingerprint density at radius 2 is 1.45 bits per heavy atom. The SMILES string of the molecule is COc1ccc(COC(=O)OCc2ccccc2)cc1OC. The predicted molar refractivity (Wildman–Crippen MR) is 81.0 cm³/mol. The van der Waals surface area contributed by atoms with Crippen LogP contribution < -0.4 is 9.47 Å². The number of carbonyl (C=O) groups excluding carboxylic acids is 1. The molecule has 0 unspecified atom stereocenters. The maximum atomic E-state index is 11.6. The molecule has 0 spiro atoms. The highest BCUT2D eigenvalue weighted by Crippen LogP contribution is 2.27. The van der Waals surface area contributed by atoms with E-state index < -0.39 is 6.16 Å². The van der Waals surface area contributed by atoms with Crippen LogP contribution in [0.5, 0.6) is 11.5 Å². The lowest BCUT2D eigenvalue weighted by Gasteiger charge is -2.10. The molecule has 0 aromatic heterocycles. The highest BCUT2D eigenvalue weighted by Gasteiger charge is 2.08. The minimum atomic E-state index is -0.710. The summed E-state index contributed by atoms with van der Waals surface area (Å²) in [5, 5.41) is 0. The Bertz CT molecular complexity index is 610. The molecule has 116 valence electrons. The Balaban J connectivity index is 1.83. The lowest BCUT2D eigenvalue weighted by Crippen LogP contribution is -2.07. The van der Waals surface area contributed by atoms with Crippen LogP contribution in [0, 0.1) is 0 Å². The van der Waals surface area contributed by atoms with E-state index in [1.807, 2.05) is 30.3 Å². The molecule has 0 saturated heterocycles. The maximum absolute atomic E-state index is 11.6. The van der Waals surface area contributed by atoms with Gasteiger partial charge in [0.2, 0.25) is 0 Å². The average molecular weight is 302 g/mol. The fourth-order valence-electron chi connectivity index (χ4n) is 1.87. The Morgan fingerprint density at radius 1 is 0.818 bits per heavy atom. The minimum absolute atomic E-state index is 0.105. The van der Waals surface area contributed by atoms with Crippen molar-refractivity contribution in [1.29, 1.82) is 0 Å². The number of benzene rings is 2. The van der Waals surface area contributed by atoms with Gasteiger partial charge in [0.05, 0.1) is 14.2 Å². The average Bonchev–Trinajstić information content (AvgIpc) is 2.58. The van der Waals surface area contributed by atoms with Gasteiger partial charge in [0, 0.05) is 0 Å². The molecule has 0 saturated carbocycles. The lowest BCUT2D eigenvalue weighted by molar-refractivity contribution is 0.0446. The van der Waals surface area contributed by atoms with E-state index in [-0.39, 0.29) is 13.2 Å². The van der Waals surface area contributed by atoms with Crippen LogP contribution in [-0.4, -0.2) is 20.4 Å². The number of hydrogen-bond donors (Lipinski definition) is 0. The monoisotopic (exact) mass is 302 g/mol.